The monoisotopic (exact) mass is 411 g/mol. The Labute approximate surface area is 167 Å². The zero-order chi connectivity index (χ0) is 21.4. The summed E-state index contributed by atoms with van der Waals surface area (Å²) in [6.07, 6.45) is 0.645. The van der Waals surface area contributed by atoms with Gasteiger partial charge in [0.25, 0.3) is 0 Å². The summed E-state index contributed by atoms with van der Waals surface area (Å²) in [7, 11) is 0. The fourth-order valence-corrected chi connectivity index (χ4v) is 3.86. The van der Waals surface area contributed by atoms with Gasteiger partial charge in [0.1, 0.15) is 0 Å². The summed E-state index contributed by atoms with van der Waals surface area (Å²) >= 11 is 0. The molecule has 5 nitrogen and oxygen atoms in total. The van der Waals surface area contributed by atoms with Crippen LogP contribution in [0.4, 0.5) is 13.2 Å². The van der Waals surface area contributed by atoms with Gasteiger partial charge in [0.05, 0.1) is 5.92 Å². The number of ether oxygens (including phenoxy) is 1. The molecule has 0 aromatic heterocycles. The van der Waals surface area contributed by atoms with Crippen molar-refractivity contribution in [2.75, 3.05) is 13.1 Å². The van der Waals surface area contributed by atoms with E-state index in [9.17, 15) is 28.2 Å². The molecule has 1 heterocycles. The van der Waals surface area contributed by atoms with Crippen molar-refractivity contribution in [2.24, 2.45) is 5.92 Å². The first-order valence-corrected chi connectivity index (χ1v) is 9.40. The highest BCUT2D eigenvalue weighted by atomic mass is 19.4. The largest absolute Gasteiger partial charge is 0.573 e. The smallest absolute Gasteiger partial charge is 0.504 e. The molecule has 3 rings (SSSR count). The van der Waals surface area contributed by atoms with E-state index in [-0.39, 0.29) is 5.54 Å². The molecule has 2 aliphatic rings. The van der Waals surface area contributed by atoms with Gasteiger partial charge in [-0.05, 0) is 62.0 Å². The lowest BCUT2D eigenvalue weighted by atomic mass is 9.88. The Morgan fingerprint density at radius 1 is 1.28 bits per heavy atom. The van der Waals surface area contributed by atoms with E-state index in [1.165, 1.54) is 12.1 Å². The number of phenolic OH excluding ortho intramolecular Hbond substituents is 1. The predicted molar refractivity (Wildman–Crippen MR) is 101 cm³/mol. The van der Waals surface area contributed by atoms with Crippen LogP contribution in [0.3, 0.4) is 0 Å². The van der Waals surface area contributed by atoms with E-state index in [1.807, 2.05) is 26.0 Å². The minimum absolute atomic E-state index is 0.294. The number of phenols is 1. The third-order valence-electron chi connectivity index (χ3n) is 5.68. The lowest BCUT2D eigenvalue weighted by Gasteiger charge is -2.36. The molecule has 0 radical (unpaired) electrons. The first-order chi connectivity index (χ1) is 13.5. The Morgan fingerprint density at radius 2 is 2.00 bits per heavy atom. The van der Waals surface area contributed by atoms with Crippen molar-refractivity contribution >= 4 is 5.97 Å². The van der Waals surface area contributed by atoms with Crippen LogP contribution in [0, 0.1) is 5.92 Å². The molecule has 0 saturated heterocycles. The van der Waals surface area contributed by atoms with Crippen molar-refractivity contribution in [2.45, 2.75) is 45.0 Å². The van der Waals surface area contributed by atoms with Gasteiger partial charge in [0, 0.05) is 18.6 Å². The average molecular weight is 411 g/mol. The standard InChI is InChI=1S/C21H24F3NO4/c1-20(2,25-11-14-4-3-5-15(19(27)28)16(14)12-25)9-8-13-6-7-17(26)18(10-13)29-21(22,23)24/h3-4,6-7,10,15,26H,5,8-9,11-12H2,1-2H3,(H,27,28). The Balaban J connectivity index is 1.66. The zero-order valence-corrected chi connectivity index (χ0v) is 16.3. The summed E-state index contributed by atoms with van der Waals surface area (Å²) in [4.78, 5) is 13.7. The van der Waals surface area contributed by atoms with Gasteiger partial charge in [0.15, 0.2) is 11.5 Å². The van der Waals surface area contributed by atoms with Gasteiger partial charge < -0.3 is 14.9 Å². The highest BCUT2D eigenvalue weighted by Gasteiger charge is 2.38. The second-order valence-electron chi connectivity index (χ2n) is 8.10. The normalized spacial score (nSPS) is 20.1. The lowest BCUT2D eigenvalue weighted by molar-refractivity contribution is -0.275. The quantitative estimate of drug-likeness (QED) is 0.732. The van der Waals surface area contributed by atoms with Crippen molar-refractivity contribution in [1.29, 1.82) is 0 Å². The molecule has 0 spiro atoms. The highest BCUT2D eigenvalue weighted by molar-refractivity contribution is 5.75. The molecule has 2 N–H and O–H groups in total. The number of carbonyl (C=O) groups is 1. The SMILES string of the molecule is CC(C)(CCc1ccc(O)c(OC(F)(F)F)c1)N1CC2=C(C1)C(C(=O)O)CC=C2. The van der Waals surface area contributed by atoms with Crippen LogP contribution in [-0.2, 0) is 11.2 Å². The van der Waals surface area contributed by atoms with E-state index in [0.717, 1.165) is 11.1 Å². The maximum atomic E-state index is 12.5. The second-order valence-corrected chi connectivity index (χ2v) is 8.10. The van der Waals surface area contributed by atoms with Crippen LogP contribution < -0.4 is 4.74 Å². The Kier molecular flexibility index (Phi) is 5.67. The minimum Gasteiger partial charge on any atom is -0.504 e. The third-order valence-corrected chi connectivity index (χ3v) is 5.68. The number of allylic oxidation sites excluding steroid dienone is 1. The Morgan fingerprint density at radius 3 is 2.66 bits per heavy atom. The first-order valence-electron chi connectivity index (χ1n) is 9.40. The molecule has 0 saturated carbocycles. The van der Waals surface area contributed by atoms with Crippen molar-refractivity contribution in [3.05, 3.63) is 47.1 Å². The molecule has 0 amide bonds. The van der Waals surface area contributed by atoms with Crippen LogP contribution in [0.2, 0.25) is 0 Å². The Bertz CT molecular complexity index is 858. The van der Waals surface area contributed by atoms with E-state index in [4.69, 9.17) is 0 Å². The van der Waals surface area contributed by atoms with E-state index < -0.39 is 29.7 Å². The number of rotatable bonds is 6. The van der Waals surface area contributed by atoms with Gasteiger partial charge in [-0.1, -0.05) is 18.2 Å². The molecular weight excluding hydrogens is 387 g/mol. The summed E-state index contributed by atoms with van der Waals surface area (Å²) in [6, 6.07) is 3.97. The van der Waals surface area contributed by atoms with Gasteiger partial charge in [-0.3, -0.25) is 9.69 Å². The number of carboxylic acid groups (broad SMARTS) is 1. The summed E-state index contributed by atoms with van der Waals surface area (Å²) < 4.78 is 41.3. The van der Waals surface area contributed by atoms with Gasteiger partial charge in [-0.2, -0.15) is 0 Å². The second kappa shape index (κ2) is 7.74. The van der Waals surface area contributed by atoms with Crippen LogP contribution >= 0.6 is 0 Å². The summed E-state index contributed by atoms with van der Waals surface area (Å²) in [5.74, 6) is -2.48. The van der Waals surface area contributed by atoms with E-state index in [2.05, 4.69) is 9.64 Å². The number of aryl methyl sites for hydroxylation is 1. The molecule has 1 aliphatic carbocycles. The predicted octanol–water partition coefficient (Wildman–Crippen LogP) is 4.27. The molecule has 0 fully saturated rings. The Hall–Kier alpha value is -2.48. The van der Waals surface area contributed by atoms with Crippen molar-refractivity contribution < 1.29 is 32.9 Å². The number of aliphatic carboxylic acids is 1. The summed E-state index contributed by atoms with van der Waals surface area (Å²) in [5, 5.41) is 19.1. The molecule has 1 atom stereocenters. The van der Waals surface area contributed by atoms with E-state index >= 15 is 0 Å². The molecule has 0 bridgehead atoms. The van der Waals surface area contributed by atoms with E-state index in [1.54, 1.807) is 6.07 Å². The lowest BCUT2D eigenvalue weighted by Crippen LogP contribution is -2.43. The van der Waals surface area contributed by atoms with Crippen molar-refractivity contribution in [1.82, 2.24) is 4.90 Å². The summed E-state index contributed by atoms with van der Waals surface area (Å²) in [6.45, 7) is 5.30. The van der Waals surface area contributed by atoms with Gasteiger partial charge in [-0.15, -0.1) is 13.2 Å². The number of hydrogen-bond acceptors (Lipinski definition) is 4. The number of hydrogen-bond donors (Lipinski definition) is 2. The molecule has 158 valence electrons. The fourth-order valence-electron chi connectivity index (χ4n) is 3.86. The van der Waals surface area contributed by atoms with Gasteiger partial charge in [-0.25, -0.2) is 0 Å². The van der Waals surface area contributed by atoms with Crippen LogP contribution in [0.15, 0.2) is 41.5 Å². The molecule has 1 aliphatic heterocycles. The fraction of sp³-hybridized carbons (Fsp3) is 0.476. The first kappa shape index (κ1) is 21.2. The van der Waals surface area contributed by atoms with Crippen molar-refractivity contribution in [3.63, 3.8) is 0 Å². The number of nitrogens with zero attached hydrogens (tertiary/aromatic N) is 1. The van der Waals surface area contributed by atoms with Gasteiger partial charge in [0.2, 0.25) is 0 Å². The van der Waals surface area contributed by atoms with E-state index in [0.29, 0.717) is 37.9 Å². The maximum absolute atomic E-state index is 12.5. The molecule has 8 heteroatoms. The molecule has 29 heavy (non-hydrogen) atoms. The van der Waals surface area contributed by atoms with Crippen LogP contribution in [0.25, 0.3) is 0 Å². The maximum Gasteiger partial charge on any atom is 0.573 e. The number of benzene rings is 1. The van der Waals surface area contributed by atoms with Crippen molar-refractivity contribution in [3.8, 4) is 11.5 Å². The number of carboxylic acids is 1. The number of alkyl halides is 3. The minimum atomic E-state index is -4.87. The topological polar surface area (TPSA) is 70.0 Å². The highest BCUT2D eigenvalue weighted by Crippen LogP contribution is 2.37. The number of aromatic hydroxyl groups is 1. The molecule has 1 aromatic carbocycles. The van der Waals surface area contributed by atoms with Crippen LogP contribution in [0.1, 0.15) is 32.3 Å². The van der Waals surface area contributed by atoms with Crippen LogP contribution in [-0.4, -0.2) is 46.1 Å². The molecule has 1 aromatic rings. The zero-order valence-electron chi connectivity index (χ0n) is 16.3. The molecule has 1 unspecified atom stereocenters. The summed E-state index contributed by atoms with van der Waals surface area (Å²) in [5.41, 5.74) is 2.31. The number of halogens is 3. The average Bonchev–Trinajstić information content (AvgIpc) is 3.06. The van der Waals surface area contributed by atoms with Gasteiger partial charge >= 0.3 is 12.3 Å². The molecular formula is C21H24F3NO4. The van der Waals surface area contributed by atoms with Crippen LogP contribution in [0.5, 0.6) is 11.5 Å². The third kappa shape index (κ3) is 4.93.